The molecule has 0 aliphatic carbocycles. The second-order valence-electron chi connectivity index (χ2n) is 6.47. The van der Waals surface area contributed by atoms with Crippen molar-refractivity contribution in [3.63, 3.8) is 0 Å². The number of aliphatic carboxylic acids is 1. The Morgan fingerprint density at radius 3 is 2.58 bits per heavy atom. The zero-order chi connectivity index (χ0) is 19.5. The number of methoxy groups -OCH3 is 1. The van der Waals surface area contributed by atoms with Gasteiger partial charge in [0.2, 0.25) is 5.91 Å². The van der Waals surface area contributed by atoms with E-state index < -0.39 is 17.9 Å². The number of carboxylic acid groups (broad SMARTS) is 1. The summed E-state index contributed by atoms with van der Waals surface area (Å²) >= 11 is 0. The molecule has 0 heterocycles. The lowest BCUT2D eigenvalue weighted by Gasteiger charge is -2.15. The van der Waals surface area contributed by atoms with Crippen LogP contribution in [0.2, 0.25) is 0 Å². The molecule has 1 rings (SSSR count). The van der Waals surface area contributed by atoms with Gasteiger partial charge < -0.3 is 19.9 Å². The highest BCUT2D eigenvalue weighted by atomic mass is 16.5. The average molecular weight is 363 g/mol. The van der Waals surface area contributed by atoms with Crippen LogP contribution in [0.4, 0.5) is 0 Å². The van der Waals surface area contributed by atoms with Crippen LogP contribution in [0.1, 0.15) is 45.6 Å². The molecular formula is C20H29NO5. The lowest BCUT2D eigenvalue weighted by atomic mass is 10.0. The molecule has 0 aliphatic rings. The summed E-state index contributed by atoms with van der Waals surface area (Å²) in [5.41, 5.74) is 0.760. The van der Waals surface area contributed by atoms with Crippen molar-refractivity contribution in [2.24, 2.45) is 5.92 Å². The molecule has 26 heavy (non-hydrogen) atoms. The minimum absolute atomic E-state index is 0.171. The third kappa shape index (κ3) is 7.59. The fourth-order valence-corrected chi connectivity index (χ4v) is 2.32. The minimum Gasteiger partial charge on any atom is -0.493 e. The van der Waals surface area contributed by atoms with Crippen LogP contribution < -0.4 is 14.8 Å². The average Bonchev–Trinajstić information content (AvgIpc) is 2.59. The summed E-state index contributed by atoms with van der Waals surface area (Å²) < 4.78 is 11.0. The van der Waals surface area contributed by atoms with Crippen LogP contribution in [0.25, 0.3) is 6.08 Å². The zero-order valence-corrected chi connectivity index (χ0v) is 16.0. The van der Waals surface area contributed by atoms with E-state index in [1.807, 2.05) is 19.9 Å². The molecule has 1 amide bonds. The molecule has 0 fully saturated rings. The van der Waals surface area contributed by atoms with Gasteiger partial charge in [-0.1, -0.05) is 33.3 Å². The monoisotopic (exact) mass is 363 g/mol. The van der Waals surface area contributed by atoms with E-state index in [9.17, 15) is 14.7 Å². The summed E-state index contributed by atoms with van der Waals surface area (Å²) in [6, 6.07) is 4.49. The van der Waals surface area contributed by atoms with Gasteiger partial charge in [-0.05, 0) is 42.5 Å². The van der Waals surface area contributed by atoms with Gasteiger partial charge in [0, 0.05) is 6.08 Å². The normalized spacial score (nSPS) is 12.2. The van der Waals surface area contributed by atoms with Crippen LogP contribution in [0.15, 0.2) is 24.3 Å². The van der Waals surface area contributed by atoms with E-state index in [2.05, 4.69) is 12.2 Å². The van der Waals surface area contributed by atoms with Gasteiger partial charge in [0.05, 0.1) is 13.7 Å². The molecule has 1 aromatic carbocycles. The number of benzene rings is 1. The van der Waals surface area contributed by atoms with Crippen molar-refractivity contribution in [3.05, 3.63) is 29.8 Å². The van der Waals surface area contributed by atoms with Crippen molar-refractivity contribution in [1.82, 2.24) is 5.32 Å². The topological polar surface area (TPSA) is 84.9 Å². The van der Waals surface area contributed by atoms with Crippen molar-refractivity contribution in [2.75, 3.05) is 13.7 Å². The predicted octanol–water partition coefficient (Wildman–Crippen LogP) is 3.50. The fourth-order valence-electron chi connectivity index (χ4n) is 2.32. The molecule has 0 saturated carbocycles. The molecule has 0 spiro atoms. The summed E-state index contributed by atoms with van der Waals surface area (Å²) in [4.78, 5) is 23.2. The van der Waals surface area contributed by atoms with E-state index in [1.54, 1.807) is 25.3 Å². The Morgan fingerprint density at radius 2 is 2.00 bits per heavy atom. The van der Waals surface area contributed by atoms with Gasteiger partial charge in [0.25, 0.3) is 0 Å². The van der Waals surface area contributed by atoms with E-state index in [0.717, 1.165) is 18.4 Å². The summed E-state index contributed by atoms with van der Waals surface area (Å²) in [5.74, 6) is -0.0572. The highest BCUT2D eigenvalue weighted by molar-refractivity contribution is 5.94. The number of carbonyl (C=O) groups is 2. The third-order valence-electron chi connectivity index (χ3n) is 3.69. The molecule has 0 radical (unpaired) electrons. The van der Waals surface area contributed by atoms with Crippen molar-refractivity contribution < 1.29 is 24.2 Å². The Kier molecular flexibility index (Phi) is 9.26. The van der Waals surface area contributed by atoms with Crippen molar-refractivity contribution in [2.45, 2.75) is 46.1 Å². The maximum atomic E-state index is 12.0. The molecule has 6 nitrogen and oxygen atoms in total. The van der Waals surface area contributed by atoms with E-state index in [-0.39, 0.29) is 5.92 Å². The van der Waals surface area contributed by atoms with Crippen molar-refractivity contribution >= 4 is 18.0 Å². The number of amides is 1. The Bertz CT molecular complexity index is 625. The first-order valence-corrected chi connectivity index (χ1v) is 8.89. The summed E-state index contributed by atoms with van der Waals surface area (Å²) in [7, 11) is 1.56. The quantitative estimate of drug-likeness (QED) is 0.464. The van der Waals surface area contributed by atoms with Gasteiger partial charge in [0.1, 0.15) is 6.04 Å². The first-order valence-electron chi connectivity index (χ1n) is 8.89. The number of unbranched alkanes of at least 4 members (excludes halogenated alkanes) is 1. The van der Waals surface area contributed by atoms with Crippen LogP contribution >= 0.6 is 0 Å². The van der Waals surface area contributed by atoms with Gasteiger partial charge >= 0.3 is 5.97 Å². The maximum Gasteiger partial charge on any atom is 0.326 e. The molecule has 6 heteroatoms. The molecule has 1 aromatic rings. The molecule has 0 unspecified atom stereocenters. The maximum absolute atomic E-state index is 12.0. The number of hydrogen-bond donors (Lipinski definition) is 2. The summed E-state index contributed by atoms with van der Waals surface area (Å²) in [5, 5.41) is 11.7. The van der Waals surface area contributed by atoms with Gasteiger partial charge in [-0.15, -0.1) is 0 Å². The molecule has 0 aromatic heterocycles. The number of rotatable bonds is 11. The number of carbonyl (C=O) groups excluding carboxylic acids is 1. The first-order chi connectivity index (χ1) is 12.4. The van der Waals surface area contributed by atoms with Gasteiger partial charge in [-0.2, -0.15) is 0 Å². The fraction of sp³-hybridized carbons (Fsp3) is 0.500. The SMILES string of the molecule is CCCCOc1ccc(/C=C/C(=O)N[C@@H](CC(C)C)C(=O)O)cc1OC. The Morgan fingerprint density at radius 1 is 1.27 bits per heavy atom. The highest BCUT2D eigenvalue weighted by Gasteiger charge is 2.19. The van der Waals surface area contributed by atoms with Gasteiger partial charge in [-0.3, -0.25) is 4.79 Å². The molecule has 1 atom stereocenters. The second-order valence-corrected chi connectivity index (χ2v) is 6.47. The number of carboxylic acids is 1. The third-order valence-corrected chi connectivity index (χ3v) is 3.69. The zero-order valence-electron chi connectivity index (χ0n) is 16.0. The molecule has 0 aliphatic heterocycles. The van der Waals surface area contributed by atoms with Crippen LogP contribution in [-0.4, -0.2) is 36.7 Å². The standard InChI is InChI=1S/C20H29NO5/c1-5-6-11-26-17-9-7-15(13-18(17)25-4)8-10-19(22)21-16(20(23)24)12-14(2)3/h7-10,13-14,16H,5-6,11-12H2,1-4H3,(H,21,22)(H,23,24)/b10-8+/t16-/m0/s1. The summed E-state index contributed by atoms with van der Waals surface area (Å²) in [6.07, 6.45) is 5.33. The van der Waals surface area contributed by atoms with E-state index in [1.165, 1.54) is 6.08 Å². The highest BCUT2D eigenvalue weighted by Crippen LogP contribution is 2.28. The first kappa shape index (κ1) is 21.5. The molecule has 0 saturated heterocycles. The predicted molar refractivity (Wildman–Crippen MR) is 101 cm³/mol. The van der Waals surface area contributed by atoms with Crippen molar-refractivity contribution in [1.29, 1.82) is 0 Å². The summed E-state index contributed by atoms with van der Waals surface area (Å²) in [6.45, 7) is 6.54. The lowest BCUT2D eigenvalue weighted by Crippen LogP contribution is -2.40. The van der Waals surface area contributed by atoms with E-state index in [0.29, 0.717) is 24.5 Å². The van der Waals surface area contributed by atoms with E-state index in [4.69, 9.17) is 9.47 Å². The Balaban J connectivity index is 2.74. The Hall–Kier alpha value is -2.50. The smallest absolute Gasteiger partial charge is 0.326 e. The minimum atomic E-state index is -1.03. The van der Waals surface area contributed by atoms with Crippen LogP contribution in [-0.2, 0) is 9.59 Å². The Labute approximate surface area is 155 Å². The van der Waals surface area contributed by atoms with Crippen LogP contribution in [0.5, 0.6) is 11.5 Å². The lowest BCUT2D eigenvalue weighted by molar-refractivity contribution is -0.141. The molecular weight excluding hydrogens is 334 g/mol. The molecule has 0 bridgehead atoms. The number of hydrogen-bond acceptors (Lipinski definition) is 4. The van der Waals surface area contributed by atoms with Crippen molar-refractivity contribution in [3.8, 4) is 11.5 Å². The van der Waals surface area contributed by atoms with Crippen LogP contribution in [0, 0.1) is 5.92 Å². The largest absolute Gasteiger partial charge is 0.493 e. The molecule has 144 valence electrons. The number of ether oxygens (including phenoxy) is 2. The van der Waals surface area contributed by atoms with Crippen LogP contribution in [0.3, 0.4) is 0 Å². The van der Waals surface area contributed by atoms with Gasteiger partial charge in [-0.25, -0.2) is 4.79 Å². The van der Waals surface area contributed by atoms with Gasteiger partial charge in [0.15, 0.2) is 11.5 Å². The molecule has 2 N–H and O–H groups in total. The number of nitrogens with one attached hydrogen (secondary N) is 1. The van der Waals surface area contributed by atoms with E-state index >= 15 is 0 Å². The second kappa shape index (κ2) is 11.2.